The fourth-order valence-electron chi connectivity index (χ4n) is 3.27. The number of carbonyl (C=O) groups excluding carboxylic acids is 1. The number of rotatable bonds is 7. The molecule has 27 heavy (non-hydrogen) atoms. The smallest absolute Gasteiger partial charge is 0.261 e. The van der Waals surface area contributed by atoms with Crippen molar-refractivity contribution in [2.24, 2.45) is 0 Å². The van der Waals surface area contributed by atoms with Gasteiger partial charge in [0.15, 0.2) is 16.4 Å². The van der Waals surface area contributed by atoms with Gasteiger partial charge in [0.25, 0.3) is 5.91 Å². The van der Waals surface area contributed by atoms with Gasteiger partial charge in [-0.15, -0.1) is 0 Å². The Kier molecular flexibility index (Phi) is 6.16. The Bertz CT molecular complexity index is 863. The van der Waals surface area contributed by atoms with Crippen molar-refractivity contribution in [2.45, 2.75) is 32.4 Å². The average Bonchev–Trinajstić information content (AvgIpc) is 3.05. The molecule has 1 amide bonds. The molecule has 1 fully saturated rings. The maximum Gasteiger partial charge on any atom is 0.261 e. The number of hydrogen-bond donors (Lipinski definition) is 0. The number of ether oxygens (including phenoxy) is 1. The first-order valence-electron chi connectivity index (χ1n) is 9.22. The zero-order valence-electron chi connectivity index (χ0n) is 15.5. The highest BCUT2D eigenvalue weighted by molar-refractivity contribution is 7.91. The summed E-state index contributed by atoms with van der Waals surface area (Å²) >= 11 is 0. The number of amides is 1. The van der Waals surface area contributed by atoms with E-state index in [4.69, 9.17) is 4.74 Å². The summed E-state index contributed by atoms with van der Waals surface area (Å²) in [5.74, 6) is 0.603. The molecule has 144 valence electrons. The average molecular weight is 388 g/mol. The van der Waals surface area contributed by atoms with Crippen LogP contribution in [-0.2, 0) is 27.6 Å². The largest absolute Gasteiger partial charge is 0.484 e. The Labute approximate surface area is 160 Å². The first-order valence-corrected chi connectivity index (χ1v) is 11.0. The van der Waals surface area contributed by atoms with E-state index in [9.17, 15) is 13.2 Å². The molecule has 1 saturated heterocycles. The first-order chi connectivity index (χ1) is 13.0. The SMILES string of the molecule is CCc1ccc(OCC(=O)N(Cc2ccccc2)[C@H]2CCS(=O)(=O)C2)cc1. The highest BCUT2D eigenvalue weighted by atomic mass is 32.2. The fraction of sp³-hybridized carbons (Fsp3) is 0.381. The van der Waals surface area contributed by atoms with Gasteiger partial charge in [0.05, 0.1) is 11.5 Å². The van der Waals surface area contributed by atoms with Gasteiger partial charge in [-0.1, -0.05) is 49.4 Å². The number of sulfone groups is 1. The molecule has 0 bridgehead atoms. The number of nitrogens with zero attached hydrogens (tertiary/aromatic N) is 1. The van der Waals surface area contributed by atoms with Crippen LogP contribution in [0.3, 0.4) is 0 Å². The lowest BCUT2D eigenvalue weighted by atomic mass is 10.1. The van der Waals surface area contributed by atoms with Crippen molar-refractivity contribution in [1.29, 1.82) is 0 Å². The summed E-state index contributed by atoms with van der Waals surface area (Å²) in [6.45, 7) is 2.36. The van der Waals surface area contributed by atoms with Crippen LogP contribution < -0.4 is 4.74 Å². The monoisotopic (exact) mass is 387 g/mol. The molecule has 1 aliphatic heterocycles. The van der Waals surface area contributed by atoms with Gasteiger partial charge < -0.3 is 9.64 Å². The molecule has 3 rings (SSSR count). The lowest BCUT2D eigenvalue weighted by molar-refractivity contribution is -0.136. The minimum absolute atomic E-state index is 0.0246. The van der Waals surface area contributed by atoms with Crippen LogP contribution in [-0.4, -0.2) is 43.4 Å². The number of carbonyl (C=O) groups is 1. The molecule has 0 aliphatic carbocycles. The molecule has 2 aromatic carbocycles. The number of aryl methyl sites for hydroxylation is 1. The second-order valence-corrected chi connectivity index (χ2v) is 9.08. The highest BCUT2D eigenvalue weighted by Gasteiger charge is 2.34. The third kappa shape index (κ3) is 5.32. The van der Waals surface area contributed by atoms with Crippen LogP contribution in [0.1, 0.15) is 24.5 Å². The van der Waals surface area contributed by atoms with Crippen molar-refractivity contribution >= 4 is 15.7 Å². The topological polar surface area (TPSA) is 63.7 Å². The Hall–Kier alpha value is -2.34. The van der Waals surface area contributed by atoms with Crippen molar-refractivity contribution in [3.05, 3.63) is 65.7 Å². The normalized spacial score (nSPS) is 18.2. The molecule has 0 N–H and O–H groups in total. The third-order valence-electron chi connectivity index (χ3n) is 4.86. The van der Waals surface area contributed by atoms with Gasteiger partial charge in [0.1, 0.15) is 5.75 Å². The quantitative estimate of drug-likeness (QED) is 0.733. The molecule has 1 atom stereocenters. The van der Waals surface area contributed by atoms with Crippen molar-refractivity contribution < 1.29 is 17.9 Å². The van der Waals surface area contributed by atoms with Gasteiger partial charge in [-0.2, -0.15) is 0 Å². The third-order valence-corrected chi connectivity index (χ3v) is 6.61. The summed E-state index contributed by atoms with van der Waals surface area (Å²) in [7, 11) is -3.08. The van der Waals surface area contributed by atoms with Gasteiger partial charge >= 0.3 is 0 Å². The van der Waals surface area contributed by atoms with Crippen molar-refractivity contribution in [2.75, 3.05) is 18.1 Å². The van der Waals surface area contributed by atoms with Crippen LogP contribution in [0.5, 0.6) is 5.75 Å². The summed E-state index contributed by atoms with van der Waals surface area (Å²) in [6.07, 6.45) is 1.42. The molecular weight excluding hydrogens is 362 g/mol. The summed E-state index contributed by atoms with van der Waals surface area (Å²) in [5, 5.41) is 0. The van der Waals surface area contributed by atoms with E-state index in [2.05, 4.69) is 6.92 Å². The van der Waals surface area contributed by atoms with Crippen LogP contribution in [0.15, 0.2) is 54.6 Å². The summed E-state index contributed by atoms with van der Waals surface area (Å²) < 4.78 is 29.4. The fourth-order valence-corrected chi connectivity index (χ4v) is 5.00. The van der Waals surface area contributed by atoms with E-state index in [1.807, 2.05) is 54.6 Å². The van der Waals surface area contributed by atoms with E-state index < -0.39 is 9.84 Å². The lowest BCUT2D eigenvalue weighted by Gasteiger charge is -2.28. The van der Waals surface area contributed by atoms with Crippen molar-refractivity contribution in [1.82, 2.24) is 4.90 Å². The summed E-state index contributed by atoms with van der Waals surface area (Å²) in [4.78, 5) is 14.5. The van der Waals surface area contributed by atoms with Gasteiger partial charge in [-0.05, 0) is 36.1 Å². The van der Waals surface area contributed by atoms with Gasteiger partial charge in [-0.3, -0.25) is 4.79 Å². The van der Waals surface area contributed by atoms with E-state index >= 15 is 0 Å². The zero-order valence-corrected chi connectivity index (χ0v) is 16.3. The van der Waals surface area contributed by atoms with Gasteiger partial charge in [0, 0.05) is 12.6 Å². The molecule has 1 heterocycles. The van der Waals surface area contributed by atoms with E-state index in [0.29, 0.717) is 18.7 Å². The Morgan fingerprint density at radius 1 is 1.07 bits per heavy atom. The second kappa shape index (κ2) is 8.57. The zero-order chi connectivity index (χ0) is 19.3. The van der Waals surface area contributed by atoms with Crippen LogP contribution in [0.2, 0.25) is 0 Å². The summed E-state index contributed by atoms with van der Waals surface area (Å²) in [6, 6.07) is 17.0. The first kappa shape index (κ1) is 19.4. The number of benzene rings is 2. The molecule has 2 aromatic rings. The molecule has 0 spiro atoms. The molecule has 6 heteroatoms. The minimum Gasteiger partial charge on any atom is -0.484 e. The highest BCUT2D eigenvalue weighted by Crippen LogP contribution is 2.21. The molecule has 0 saturated carbocycles. The summed E-state index contributed by atoms with van der Waals surface area (Å²) in [5.41, 5.74) is 2.18. The van der Waals surface area contributed by atoms with E-state index in [0.717, 1.165) is 12.0 Å². The molecule has 1 aliphatic rings. The predicted molar refractivity (Wildman–Crippen MR) is 105 cm³/mol. The molecule has 5 nitrogen and oxygen atoms in total. The second-order valence-electron chi connectivity index (χ2n) is 6.85. The van der Waals surface area contributed by atoms with Crippen LogP contribution in [0.4, 0.5) is 0 Å². The molecule has 0 aromatic heterocycles. The minimum atomic E-state index is -3.08. The standard InChI is InChI=1S/C21H25NO4S/c1-2-17-8-10-20(11-9-17)26-15-21(23)22(14-18-6-4-3-5-7-18)19-12-13-27(24,25)16-19/h3-11,19H,2,12-16H2,1H3/t19-/m0/s1. The Morgan fingerprint density at radius 2 is 1.78 bits per heavy atom. The Morgan fingerprint density at radius 3 is 2.37 bits per heavy atom. The van der Waals surface area contributed by atoms with Crippen LogP contribution in [0, 0.1) is 0 Å². The van der Waals surface area contributed by atoms with E-state index in [-0.39, 0.29) is 30.1 Å². The number of hydrogen-bond acceptors (Lipinski definition) is 4. The van der Waals surface area contributed by atoms with Gasteiger partial charge in [-0.25, -0.2) is 8.42 Å². The van der Waals surface area contributed by atoms with E-state index in [1.165, 1.54) is 5.56 Å². The maximum absolute atomic E-state index is 12.8. The van der Waals surface area contributed by atoms with Crippen molar-refractivity contribution in [3.63, 3.8) is 0 Å². The Balaban J connectivity index is 1.69. The van der Waals surface area contributed by atoms with E-state index in [1.54, 1.807) is 4.90 Å². The predicted octanol–water partition coefficient (Wildman–Crippen LogP) is 2.84. The lowest BCUT2D eigenvalue weighted by Crippen LogP contribution is -2.43. The van der Waals surface area contributed by atoms with Gasteiger partial charge in [0.2, 0.25) is 0 Å². The van der Waals surface area contributed by atoms with Crippen LogP contribution >= 0.6 is 0 Å². The maximum atomic E-state index is 12.8. The van der Waals surface area contributed by atoms with Crippen molar-refractivity contribution in [3.8, 4) is 5.75 Å². The van der Waals surface area contributed by atoms with Crippen LogP contribution in [0.25, 0.3) is 0 Å². The molecule has 0 radical (unpaired) electrons. The molecule has 0 unspecified atom stereocenters. The molecular formula is C21H25NO4S.